The van der Waals surface area contributed by atoms with Crippen LogP contribution >= 0.6 is 11.8 Å². The highest BCUT2D eigenvalue weighted by Gasteiger charge is 2.17. The van der Waals surface area contributed by atoms with Gasteiger partial charge >= 0.3 is 5.97 Å². The first-order chi connectivity index (χ1) is 9.09. The molecular formula is C13H17NO4S. The summed E-state index contributed by atoms with van der Waals surface area (Å²) >= 11 is 1.33. The van der Waals surface area contributed by atoms with Crippen molar-refractivity contribution in [3.63, 3.8) is 0 Å². The number of hydrogen-bond acceptors (Lipinski definition) is 4. The number of nitrogens with one attached hydrogen (secondary N) is 1. The van der Waals surface area contributed by atoms with E-state index < -0.39 is 12.0 Å². The van der Waals surface area contributed by atoms with E-state index in [0.29, 0.717) is 12.5 Å². The van der Waals surface area contributed by atoms with Crippen molar-refractivity contribution in [1.29, 1.82) is 0 Å². The number of thioether (sulfide) groups is 1. The summed E-state index contributed by atoms with van der Waals surface area (Å²) in [5.41, 5.74) is 1.07. The molecule has 0 aliphatic rings. The minimum Gasteiger partial charge on any atom is -0.480 e. The summed E-state index contributed by atoms with van der Waals surface area (Å²) < 4.78 is 5.41. The number of rotatable bonds is 8. The third-order valence-corrected chi connectivity index (χ3v) is 3.14. The summed E-state index contributed by atoms with van der Waals surface area (Å²) in [5.74, 6) is -0.717. The molecule has 1 aromatic carbocycles. The van der Waals surface area contributed by atoms with Gasteiger partial charge in [0.1, 0.15) is 6.04 Å². The van der Waals surface area contributed by atoms with Crippen molar-refractivity contribution in [1.82, 2.24) is 5.32 Å². The fraction of sp³-hybridized carbons (Fsp3) is 0.385. The average Bonchev–Trinajstić information content (AvgIpc) is 2.37. The molecule has 0 aliphatic carbocycles. The first-order valence-electron chi connectivity index (χ1n) is 5.79. The third-order valence-electron chi connectivity index (χ3n) is 2.24. The predicted molar refractivity (Wildman–Crippen MR) is 73.8 cm³/mol. The molecule has 19 heavy (non-hydrogen) atoms. The summed E-state index contributed by atoms with van der Waals surface area (Å²) in [7, 11) is 0. The first kappa shape index (κ1) is 15.5. The molecular weight excluding hydrogens is 266 g/mol. The van der Waals surface area contributed by atoms with Crippen LogP contribution in [0.3, 0.4) is 0 Å². The van der Waals surface area contributed by atoms with Crippen molar-refractivity contribution in [2.75, 3.05) is 11.7 Å². The summed E-state index contributed by atoms with van der Waals surface area (Å²) in [6.07, 6.45) is 0. The fourth-order valence-electron chi connectivity index (χ4n) is 1.38. The van der Waals surface area contributed by atoms with Crippen LogP contribution in [-0.4, -0.2) is 34.7 Å². The molecule has 1 amide bonds. The number of benzene rings is 1. The van der Waals surface area contributed by atoms with E-state index in [0.717, 1.165) is 5.56 Å². The normalized spacial score (nSPS) is 11.8. The molecule has 1 atom stereocenters. The van der Waals surface area contributed by atoms with Gasteiger partial charge < -0.3 is 15.2 Å². The Kier molecular flexibility index (Phi) is 6.99. The van der Waals surface area contributed by atoms with Crippen LogP contribution in [0.25, 0.3) is 0 Å². The average molecular weight is 283 g/mol. The molecule has 0 aliphatic heterocycles. The SMILES string of the molecule is CC(=O)NC(CSCOCc1ccccc1)C(=O)O. The summed E-state index contributed by atoms with van der Waals surface area (Å²) in [6.45, 7) is 1.79. The standard InChI is InChI=1S/C13H17NO4S/c1-10(15)14-12(13(16)17)8-19-9-18-7-11-5-3-2-4-6-11/h2-6,12H,7-9H2,1H3,(H,14,15)(H,16,17). The minimum absolute atomic E-state index is 0.281. The molecule has 5 nitrogen and oxygen atoms in total. The molecule has 0 radical (unpaired) electrons. The van der Waals surface area contributed by atoms with Gasteiger partial charge in [0.15, 0.2) is 0 Å². The fourth-order valence-corrected chi connectivity index (χ4v) is 2.14. The van der Waals surface area contributed by atoms with Gasteiger partial charge in [-0.15, -0.1) is 11.8 Å². The summed E-state index contributed by atoms with van der Waals surface area (Å²) in [5, 5.41) is 11.3. The number of carbonyl (C=O) groups excluding carboxylic acids is 1. The molecule has 0 saturated heterocycles. The lowest BCUT2D eigenvalue weighted by Crippen LogP contribution is -2.41. The molecule has 0 fully saturated rings. The molecule has 1 rings (SSSR count). The van der Waals surface area contributed by atoms with Crippen LogP contribution in [0.1, 0.15) is 12.5 Å². The van der Waals surface area contributed by atoms with Crippen LogP contribution < -0.4 is 5.32 Å². The maximum Gasteiger partial charge on any atom is 0.327 e. The second kappa shape index (κ2) is 8.55. The minimum atomic E-state index is -1.04. The van der Waals surface area contributed by atoms with E-state index in [9.17, 15) is 9.59 Å². The molecule has 0 heterocycles. The van der Waals surface area contributed by atoms with Crippen LogP contribution in [0.15, 0.2) is 30.3 Å². The quantitative estimate of drug-likeness (QED) is 0.558. The van der Waals surface area contributed by atoms with Gasteiger partial charge in [0.2, 0.25) is 5.91 Å². The highest BCUT2D eigenvalue weighted by molar-refractivity contribution is 7.99. The van der Waals surface area contributed by atoms with Crippen molar-refractivity contribution < 1.29 is 19.4 Å². The highest BCUT2D eigenvalue weighted by atomic mass is 32.2. The Bertz CT molecular complexity index is 410. The Balaban J connectivity index is 2.18. The van der Waals surface area contributed by atoms with Gasteiger partial charge in [-0.2, -0.15) is 0 Å². The Hall–Kier alpha value is -1.53. The maximum absolute atomic E-state index is 10.9. The van der Waals surface area contributed by atoms with Crippen LogP contribution in [0.2, 0.25) is 0 Å². The highest BCUT2D eigenvalue weighted by Crippen LogP contribution is 2.07. The Morgan fingerprint density at radius 2 is 2.05 bits per heavy atom. The molecule has 6 heteroatoms. The van der Waals surface area contributed by atoms with Gasteiger partial charge in [-0.05, 0) is 5.56 Å². The van der Waals surface area contributed by atoms with E-state index in [2.05, 4.69) is 5.32 Å². The number of carbonyl (C=O) groups is 2. The second-order valence-corrected chi connectivity index (χ2v) is 4.89. The summed E-state index contributed by atoms with van der Waals surface area (Å²) in [6, 6.07) is 8.85. The topological polar surface area (TPSA) is 75.6 Å². The summed E-state index contributed by atoms with van der Waals surface area (Å²) in [4.78, 5) is 21.7. The van der Waals surface area contributed by atoms with Crippen LogP contribution in [-0.2, 0) is 20.9 Å². The zero-order chi connectivity index (χ0) is 14.1. The van der Waals surface area contributed by atoms with Crippen LogP contribution in [0, 0.1) is 0 Å². The number of hydrogen-bond donors (Lipinski definition) is 2. The van der Waals surface area contributed by atoms with E-state index in [1.165, 1.54) is 18.7 Å². The number of ether oxygens (including phenoxy) is 1. The molecule has 0 saturated carbocycles. The Morgan fingerprint density at radius 1 is 1.37 bits per heavy atom. The molecule has 1 unspecified atom stereocenters. The van der Waals surface area contributed by atoms with Gasteiger partial charge in [-0.3, -0.25) is 4.79 Å². The lowest BCUT2D eigenvalue weighted by atomic mass is 10.2. The van der Waals surface area contributed by atoms with Crippen molar-refractivity contribution >= 4 is 23.6 Å². The predicted octanol–water partition coefficient (Wildman–Crippen LogP) is 1.48. The van der Waals surface area contributed by atoms with Gasteiger partial charge in [-0.25, -0.2) is 4.79 Å². The van der Waals surface area contributed by atoms with Crippen molar-refractivity contribution in [2.24, 2.45) is 0 Å². The zero-order valence-electron chi connectivity index (χ0n) is 10.7. The lowest BCUT2D eigenvalue weighted by molar-refractivity contribution is -0.140. The lowest BCUT2D eigenvalue weighted by Gasteiger charge is -2.12. The number of amides is 1. The molecule has 0 spiro atoms. The first-order valence-corrected chi connectivity index (χ1v) is 6.94. The van der Waals surface area contributed by atoms with Crippen molar-refractivity contribution in [3.05, 3.63) is 35.9 Å². The zero-order valence-corrected chi connectivity index (χ0v) is 11.5. The van der Waals surface area contributed by atoms with Crippen LogP contribution in [0.5, 0.6) is 0 Å². The van der Waals surface area contributed by atoms with Gasteiger partial charge in [0.25, 0.3) is 0 Å². The monoisotopic (exact) mass is 283 g/mol. The Morgan fingerprint density at radius 3 is 2.63 bits per heavy atom. The van der Waals surface area contributed by atoms with E-state index >= 15 is 0 Å². The van der Waals surface area contributed by atoms with E-state index in [-0.39, 0.29) is 11.7 Å². The van der Waals surface area contributed by atoms with E-state index in [4.69, 9.17) is 9.84 Å². The van der Waals surface area contributed by atoms with Gasteiger partial charge in [-0.1, -0.05) is 30.3 Å². The van der Waals surface area contributed by atoms with Crippen molar-refractivity contribution in [2.45, 2.75) is 19.6 Å². The molecule has 104 valence electrons. The molecule has 0 bridgehead atoms. The Labute approximate surface area is 116 Å². The molecule has 0 aromatic heterocycles. The maximum atomic E-state index is 10.9. The number of carboxylic acid groups (broad SMARTS) is 1. The van der Waals surface area contributed by atoms with E-state index in [1.54, 1.807) is 0 Å². The smallest absolute Gasteiger partial charge is 0.327 e. The third kappa shape index (κ3) is 6.83. The largest absolute Gasteiger partial charge is 0.480 e. The number of carboxylic acids is 1. The van der Waals surface area contributed by atoms with Gasteiger partial charge in [0, 0.05) is 12.7 Å². The second-order valence-electron chi connectivity index (χ2n) is 3.91. The molecule has 2 N–H and O–H groups in total. The van der Waals surface area contributed by atoms with Crippen LogP contribution in [0.4, 0.5) is 0 Å². The van der Waals surface area contributed by atoms with Gasteiger partial charge in [0.05, 0.1) is 12.5 Å². The van der Waals surface area contributed by atoms with Crippen molar-refractivity contribution in [3.8, 4) is 0 Å². The number of aliphatic carboxylic acids is 1. The van der Waals surface area contributed by atoms with E-state index in [1.807, 2.05) is 30.3 Å². The molecule has 1 aromatic rings.